The third kappa shape index (κ3) is 3.78. The highest BCUT2D eigenvalue weighted by molar-refractivity contribution is 9.10. The molecule has 0 aliphatic rings. The monoisotopic (exact) mass is 315 g/mol. The molecule has 0 unspecified atom stereocenters. The molecule has 1 aromatic carbocycles. The van der Waals surface area contributed by atoms with E-state index in [2.05, 4.69) is 26.6 Å². The Bertz CT molecular complexity index is 477. The van der Waals surface area contributed by atoms with E-state index >= 15 is 0 Å². The minimum absolute atomic E-state index is 0.0119. The molecule has 0 spiro atoms. The van der Waals surface area contributed by atoms with Crippen LogP contribution < -0.4 is 10.6 Å². The smallest absolute Gasteiger partial charge is 0.274 e. The third-order valence-corrected chi connectivity index (χ3v) is 3.01. The van der Waals surface area contributed by atoms with Crippen molar-refractivity contribution in [3.05, 3.63) is 32.3 Å². The fourth-order valence-corrected chi connectivity index (χ4v) is 1.96. The molecule has 0 saturated carbocycles. The summed E-state index contributed by atoms with van der Waals surface area (Å²) in [7, 11) is 1.75. The molecule has 0 aliphatic heterocycles. The first kappa shape index (κ1) is 14.6. The number of anilines is 1. The number of nitrogens with zero attached hydrogens (tertiary/aromatic N) is 1. The normalized spacial score (nSPS) is 10.2. The van der Waals surface area contributed by atoms with Gasteiger partial charge >= 0.3 is 0 Å². The lowest BCUT2D eigenvalue weighted by molar-refractivity contribution is -0.385. The molecule has 1 amide bonds. The van der Waals surface area contributed by atoms with Crippen molar-refractivity contribution in [1.29, 1.82) is 0 Å². The van der Waals surface area contributed by atoms with Gasteiger partial charge in [0.2, 0.25) is 5.91 Å². The Balaban J connectivity index is 2.92. The lowest BCUT2D eigenvalue weighted by Gasteiger charge is -2.08. The molecule has 0 radical (unpaired) electrons. The number of rotatable bonds is 5. The van der Waals surface area contributed by atoms with E-state index in [1.54, 1.807) is 20.0 Å². The summed E-state index contributed by atoms with van der Waals surface area (Å²) in [5, 5.41) is 16.3. The number of nitrogens with one attached hydrogen (secondary N) is 2. The number of amides is 1. The van der Waals surface area contributed by atoms with Crippen molar-refractivity contribution >= 4 is 33.2 Å². The van der Waals surface area contributed by atoms with Crippen LogP contribution in [0.2, 0.25) is 0 Å². The predicted molar refractivity (Wildman–Crippen MR) is 72.7 cm³/mol. The van der Waals surface area contributed by atoms with E-state index in [0.717, 1.165) is 0 Å². The van der Waals surface area contributed by atoms with Gasteiger partial charge in [0.1, 0.15) is 0 Å². The Morgan fingerprint density at radius 3 is 2.72 bits per heavy atom. The van der Waals surface area contributed by atoms with Crippen molar-refractivity contribution < 1.29 is 9.72 Å². The van der Waals surface area contributed by atoms with Crippen LogP contribution in [0.3, 0.4) is 0 Å². The number of hydrogen-bond acceptors (Lipinski definition) is 4. The van der Waals surface area contributed by atoms with E-state index in [-0.39, 0.29) is 11.6 Å². The molecule has 2 N–H and O–H groups in total. The molecule has 0 saturated heterocycles. The lowest BCUT2D eigenvalue weighted by atomic mass is 10.2. The maximum atomic E-state index is 11.5. The summed E-state index contributed by atoms with van der Waals surface area (Å²) in [4.78, 5) is 21.9. The predicted octanol–water partition coefficient (Wildman–Crippen LogP) is 2.21. The minimum Gasteiger partial charge on any atom is -0.325 e. The molecule has 0 aromatic heterocycles. The van der Waals surface area contributed by atoms with E-state index in [4.69, 9.17) is 0 Å². The van der Waals surface area contributed by atoms with Gasteiger partial charge in [0.15, 0.2) is 0 Å². The second-order valence-electron chi connectivity index (χ2n) is 3.78. The highest BCUT2D eigenvalue weighted by Crippen LogP contribution is 2.30. The fourth-order valence-electron chi connectivity index (χ4n) is 1.40. The van der Waals surface area contributed by atoms with Gasteiger partial charge in [0.05, 0.1) is 10.6 Å². The fraction of sp³-hybridized carbons (Fsp3) is 0.364. The summed E-state index contributed by atoms with van der Waals surface area (Å²) in [5.74, 6) is -0.191. The van der Waals surface area contributed by atoms with Gasteiger partial charge in [0, 0.05) is 29.1 Å². The van der Waals surface area contributed by atoms with E-state index < -0.39 is 4.92 Å². The van der Waals surface area contributed by atoms with E-state index in [1.165, 1.54) is 6.07 Å². The van der Waals surface area contributed by atoms with Gasteiger partial charge in [-0.15, -0.1) is 0 Å². The first-order valence-electron chi connectivity index (χ1n) is 5.34. The average Bonchev–Trinajstić information content (AvgIpc) is 2.29. The van der Waals surface area contributed by atoms with Crippen LogP contribution in [0, 0.1) is 17.0 Å². The van der Waals surface area contributed by atoms with Crippen molar-refractivity contribution in [2.45, 2.75) is 13.3 Å². The molecule has 98 valence electrons. The van der Waals surface area contributed by atoms with Crippen LogP contribution in [-0.4, -0.2) is 24.4 Å². The Morgan fingerprint density at radius 2 is 2.17 bits per heavy atom. The van der Waals surface area contributed by atoms with Gasteiger partial charge in [-0.25, -0.2) is 0 Å². The Labute approximate surface area is 113 Å². The number of benzene rings is 1. The Kier molecular flexibility index (Phi) is 5.24. The molecule has 1 aromatic rings. The number of nitro groups is 1. The number of carbonyl (C=O) groups is 1. The molecule has 0 aliphatic carbocycles. The zero-order valence-electron chi connectivity index (χ0n) is 10.1. The van der Waals surface area contributed by atoms with Crippen LogP contribution in [0.5, 0.6) is 0 Å². The first-order valence-corrected chi connectivity index (χ1v) is 6.14. The van der Waals surface area contributed by atoms with Gasteiger partial charge in [-0.1, -0.05) is 0 Å². The summed E-state index contributed by atoms with van der Waals surface area (Å²) < 4.78 is 0.628. The second-order valence-corrected chi connectivity index (χ2v) is 4.63. The van der Waals surface area contributed by atoms with Crippen LogP contribution in [0.1, 0.15) is 12.0 Å². The van der Waals surface area contributed by atoms with Gasteiger partial charge in [-0.3, -0.25) is 14.9 Å². The standard InChI is InChI=1S/C11H14BrN3O3/c1-7-5-8(12)9(6-10(7)15(17)18)14-11(16)3-4-13-2/h5-6,13H,3-4H2,1-2H3,(H,14,16). The van der Waals surface area contributed by atoms with Crippen molar-refractivity contribution in [3.63, 3.8) is 0 Å². The molecule has 0 bridgehead atoms. The van der Waals surface area contributed by atoms with Crippen LogP contribution in [0.25, 0.3) is 0 Å². The van der Waals surface area contributed by atoms with Crippen molar-refractivity contribution in [2.24, 2.45) is 0 Å². The molecule has 6 nitrogen and oxygen atoms in total. The highest BCUT2D eigenvalue weighted by atomic mass is 79.9. The molecule has 0 atom stereocenters. The summed E-state index contributed by atoms with van der Waals surface area (Å²) in [6.45, 7) is 2.20. The Morgan fingerprint density at radius 1 is 1.50 bits per heavy atom. The highest BCUT2D eigenvalue weighted by Gasteiger charge is 2.15. The molecular formula is C11H14BrN3O3. The third-order valence-electron chi connectivity index (χ3n) is 2.36. The molecule has 1 rings (SSSR count). The number of carbonyl (C=O) groups excluding carboxylic acids is 1. The maximum absolute atomic E-state index is 11.5. The van der Waals surface area contributed by atoms with Crippen molar-refractivity contribution in [3.8, 4) is 0 Å². The SMILES string of the molecule is CNCCC(=O)Nc1cc([N+](=O)[O-])c(C)cc1Br. The van der Waals surface area contributed by atoms with Crippen LogP contribution in [0.15, 0.2) is 16.6 Å². The first-order chi connectivity index (χ1) is 8.45. The van der Waals surface area contributed by atoms with E-state index in [1.807, 2.05) is 0 Å². The van der Waals surface area contributed by atoms with Crippen molar-refractivity contribution in [1.82, 2.24) is 5.32 Å². The minimum atomic E-state index is -0.467. The van der Waals surface area contributed by atoms with Gasteiger partial charge in [-0.2, -0.15) is 0 Å². The zero-order chi connectivity index (χ0) is 13.7. The second kappa shape index (κ2) is 6.46. The number of nitro benzene ring substituents is 1. The molecular weight excluding hydrogens is 302 g/mol. The lowest BCUT2D eigenvalue weighted by Crippen LogP contribution is -2.19. The molecule has 0 fully saturated rings. The Hall–Kier alpha value is -1.47. The summed E-state index contributed by atoms with van der Waals surface area (Å²) in [5.41, 5.74) is 0.940. The molecule has 0 heterocycles. The van der Waals surface area contributed by atoms with Gasteiger partial charge < -0.3 is 10.6 Å². The number of halogens is 1. The largest absolute Gasteiger partial charge is 0.325 e. The average molecular weight is 316 g/mol. The maximum Gasteiger partial charge on any atom is 0.274 e. The van der Waals surface area contributed by atoms with Crippen LogP contribution in [-0.2, 0) is 4.79 Å². The van der Waals surface area contributed by atoms with E-state index in [0.29, 0.717) is 28.7 Å². The summed E-state index contributed by atoms with van der Waals surface area (Å²) in [6, 6.07) is 2.97. The quantitative estimate of drug-likeness (QED) is 0.644. The number of aryl methyl sites for hydroxylation is 1. The summed E-state index contributed by atoms with van der Waals surface area (Å²) >= 11 is 3.27. The molecule has 7 heteroatoms. The van der Waals surface area contributed by atoms with Crippen LogP contribution in [0.4, 0.5) is 11.4 Å². The van der Waals surface area contributed by atoms with E-state index in [9.17, 15) is 14.9 Å². The van der Waals surface area contributed by atoms with Gasteiger partial charge in [-0.05, 0) is 36.0 Å². The topological polar surface area (TPSA) is 84.3 Å². The zero-order valence-corrected chi connectivity index (χ0v) is 11.7. The number of hydrogen-bond donors (Lipinski definition) is 2. The van der Waals surface area contributed by atoms with Gasteiger partial charge in [0.25, 0.3) is 5.69 Å². The van der Waals surface area contributed by atoms with Crippen LogP contribution >= 0.6 is 15.9 Å². The van der Waals surface area contributed by atoms with Crippen molar-refractivity contribution in [2.75, 3.05) is 18.9 Å². The summed E-state index contributed by atoms with van der Waals surface area (Å²) in [6.07, 6.45) is 0.310. The molecule has 18 heavy (non-hydrogen) atoms.